The number of likely N-dealkylation sites (tertiary alicyclic amines) is 1. The molecule has 0 aromatic heterocycles. The highest BCUT2D eigenvalue weighted by atomic mass is 16.5. The Kier molecular flexibility index (Phi) is 5.10. The van der Waals surface area contributed by atoms with E-state index in [0.717, 1.165) is 24.0 Å². The number of amides is 2. The Balaban J connectivity index is 1.27. The lowest BCUT2D eigenvalue weighted by atomic mass is 9.83. The summed E-state index contributed by atoms with van der Waals surface area (Å²) in [6.07, 6.45) is 3.21. The molecule has 2 fully saturated rings. The molecule has 3 heterocycles. The zero-order valence-electron chi connectivity index (χ0n) is 15.9. The van der Waals surface area contributed by atoms with Crippen molar-refractivity contribution in [2.75, 3.05) is 19.6 Å². The van der Waals surface area contributed by atoms with Gasteiger partial charge in [-0.3, -0.25) is 9.59 Å². The van der Waals surface area contributed by atoms with Crippen LogP contribution < -0.4 is 0 Å². The maximum Gasteiger partial charge on any atom is 0.332 e. The number of carbonyl (C=O) groups excluding carboxylic acids is 2. The first-order valence-electron chi connectivity index (χ1n) is 10.0. The van der Waals surface area contributed by atoms with E-state index in [9.17, 15) is 19.5 Å². The lowest BCUT2D eigenvalue weighted by molar-refractivity contribution is -0.185. The van der Waals surface area contributed by atoms with Crippen LogP contribution in [0.3, 0.4) is 0 Å². The minimum absolute atomic E-state index is 0.00341. The van der Waals surface area contributed by atoms with Crippen molar-refractivity contribution in [2.24, 2.45) is 0 Å². The molecule has 1 unspecified atom stereocenters. The SMILES string of the molecule is O=C(O)C1CCCC2(CCN(C(=O)CCN3Cc4ccccc4C3=O)CC2)O1. The molecule has 1 N–H and O–H groups in total. The monoisotopic (exact) mass is 386 g/mol. The summed E-state index contributed by atoms with van der Waals surface area (Å²) < 4.78 is 5.91. The molecule has 28 heavy (non-hydrogen) atoms. The van der Waals surface area contributed by atoms with Gasteiger partial charge in [-0.05, 0) is 43.7 Å². The number of ether oxygens (including phenoxy) is 1. The molecule has 3 aliphatic heterocycles. The van der Waals surface area contributed by atoms with E-state index in [2.05, 4.69) is 0 Å². The number of carboxylic acid groups (broad SMARTS) is 1. The van der Waals surface area contributed by atoms with Gasteiger partial charge in [-0.2, -0.15) is 0 Å². The zero-order chi connectivity index (χ0) is 19.7. The summed E-state index contributed by atoms with van der Waals surface area (Å²) in [7, 11) is 0. The number of hydrogen-bond acceptors (Lipinski definition) is 4. The number of carboxylic acids is 1. The average Bonchev–Trinajstić information content (AvgIpc) is 3.03. The van der Waals surface area contributed by atoms with Gasteiger partial charge in [0.25, 0.3) is 5.91 Å². The fourth-order valence-corrected chi connectivity index (χ4v) is 4.62. The average molecular weight is 386 g/mol. The summed E-state index contributed by atoms with van der Waals surface area (Å²) in [5.74, 6) is -0.852. The van der Waals surface area contributed by atoms with Crippen molar-refractivity contribution >= 4 is 17.8 Å². The molecule has 2 saturated heterocycles. The maximum absolute atomic E-state index is 12.6. The summed E-state index contributed by atoms with van der Waals surface area (Å²) >= 11 is 0. The van der Waals surface area contributed by atoms with E-state index in [1.807, 2.05) is 29.2 Å². The highest BCUT2D eigenvalue weighted by Gasteiger charge is 2.42. The van der Waals surface area contributed by atoms with Gasteiger partial charge >= 0.3 is 5.97 Å². The summed E-state index contributed by atoms with van der Waals surface area (Å²) in [5.41, 5.74) is 1.35. The molecule has 1 atom stereocenters. The Labute approximate surface area is 164 Å². The number of nitrogens with zero attached hydrogens (tertiary/aromatic N) is 2. The summed E-state index contributed by atoms with van der Waals surface area (Å²) in [6, 6.07) is 7.57. The van der Waals surface area contributed by atoms with Crippen LogP contribution in [0.1, 0.15) is 54.4 Å². The van der Waals surface area contributed by atoms with Crippen molar-refractivity contribution < 1.29 is 24.2 Å². The van der Waals surface area contributed by atoms with Crippen molar-refractivity contribution in [1.29, 1.82) is 0 Å². The topological polar surface area (TPSA) is 87.2 Å². The number of hydrogen-bond donors (Lipinski definition) is 1. The molecular formula is C21H26N2O5. The second-order valence-corrected chi connectivity index (χ2v) is 8.03. The molecule has 1 aromatic carbocycles. The van der Waals surface area contributed by atoms with Crippen molar-refractivity contribution in [3.8, 4) is 0 Å². The Bertz CT molecular complexity index is 785. The molecule has 3 aliphatic rings. The first kappa shape index (κ1) is 18.9. The predicted molar refractivity (Wildman–Crippen MR) is 101 cm³/mol. The Morgan fingerprint density at radius 3 is 2.64 bits per heavy atom. The smallest absolute Gasteiger partial charge is 0.332 e. The largest absolute Gasteiger partial charge is 0.479 e. The van der Waals surface area contributed by atoms with E-state index in [-0.39, 0.29) is 11.8 Å². The van der Waals surface area contributed by atoms with Crippen LogP contribution in [0.5, 0.6) is 0 Å². The molecule has 2 amide bonds. The van der Waals surface area contributed by atoms with Gasteiger partial charge in [-0.1, -0.05) is 18.2 Å². The van der Waals surface area contributed by atoms with Crippen LogP contribution >= 0.6 is 0 Å². The molecule has 0 radical (unpaired) electrons. The van der Waals surface area contributed by atoms with Crippen LogP contribution in [0.2, 0.25) is 0 Å². The molecule has 0 bridgehead atoms. The molecule has 4 rings (SSSR count). The lowest BCUT2D eigenvalue weighted by Crippen LogP contribution is -2.52. The van der Waals surface area contributed by atoms with Gasteiger partial charge in [-0.15, -0.1) is 0 Å². The molecular weight excluding hydrogens is 360 g/mol. The summed E-state index contributed by atoms with van der Waals surface area (Å²) in [4.78, 5) is 39.8. The van der Waals surface area contributed by atoms with Gasteiger partial charge in [0.05, 0.1) is 5.60 Å². The first-order valence-corrected chi connectivity index (χ1v) is 10.0. The van der Waals surface area contributed by atoms with Crippen LogP contribution in [0.25, 0.3) is 0 Å². The fraction of sp³-hybridized carbons (Fsp3) is 0.571. The van der Waals surface area contributed by atoms with Crippen LogP contribution in [0.15, 0.2) is 24.3 Å². The number of aliphatic carboxylic acids is 1. The minimum Gasteiger partial charge on any atom is -0.479 e. The number of fused-ring (bicyclic) bond motifs is 1. The standard InChI is InChI=1S/C21H26N2O5/c24-18(7-11-23-14-15-4-1-2-5-16(15)19(23)25)22-12-9-21(10-13-22)8-3-6-17(28-21)20(26)27/h1-2,4-5,17H,3,6-14H2,(H,26,27). The van der Waals surface area contributed by atoms with Gasteiger partial charge in [0.2, 0.25) is 5.91 Å². The number of rotatable bonds is 4. The van der Waals surface area contributed by atoms with E-state index >= 15 is 0 Å². The third-order valence-electron chi connectivity index (χ3n) is 6.29. The molecule has 7 heteroatoms. The van der Waals surface area contributed by atoms with E-state index in [1.54, 1.807) is 4.90 Å². The molecule has 0 aliphatic carbocycles. The highest BCUT2D eigenvalue weighted by Crippen LogP contribution is 2.37. The van der Waals surface area contributed by atoms with Gasteiger partial charge in [0, 0.05) is 38.2 Å². The fourth-order valence-electron chi connectivity index (χ4n) is 4.62. The second kappa shape index (κ2) is 7.54. The van der Waals surface area contributed by atoms with Crippen LogP contribution in [0, 0.1) is 0 Å². The number of carbonyl (C=O) groups is 3. The van der Waals surface area contributed by atoms with Gasteiger partial charge in [0.15, 0.2) is 6.10 Å². The molecule has 1 spiro atoms. The van der Waals surface area contributed by atoms with E-state index in [4.69, 9.17) is 4.74 Å². The van der Waals surface area contributed by atoms with Crippen LogP contribution in [-0.4, -0.2) is 64.0 Å². The van der Waals surface area contributed by atoms with Crippen molar-refractivity contribution in [2.45, 2.75) is 56.8 Å². The minimum atomic E-state index is -0.895. The summed E-state index contributed by atoms with van der Waals surface area (Å²) in [6.45, 7) is 2.15. The highest BCUT2D eigenvalue weighted by molar-refractivity contribution is 5.98. The molecule has 1 aromatic rings. The molecule has 7 nitrogen and oxygen atoms in total. The quantitative estimate of drug-likeness (QED) is 0.856. The van der Waals surface area contributed by atoms with Crippen molar-refractivity contribution in [3.05, 3.63) is 35.4 Å². The lowest BCUT2D eigenvalue weighted by Gasteiger charge is -2.45. The van der Waals surface area contributed by atoms with Crippen molar-refractivity contribution in [3.63, 3.8) is 0 Å². The number of benzene rings is 1. The Morgan fingerprint density at radius 2 is 1.93 bits per heavy atom. The Morgan fingerprint density at radius 1 is 1.18 bits per heavy atom. The molecule has 0 saturated carbocycles. The first-order chi connectivity index (χ1) is 13.5. The number of piperidine rings is 1. The van der Waals surface area contributed by atoms with Gasteiger partial charge < -0.3 is 19.6 Å². The summed E-state index contributed by atoms with van der Waals surface area (Å²) in [5, 5.41) is 9.23. The van der Waals surface area contributed by atoms with Crippen molar-refractivity contribution in [1.82, 2.24) is 9.80 Å². The maximum atomic E-state index is 12.6. The van der Waals surface area contributed by atoms with Gasteiger partial charge in [-0.25, -0.2) is 4.79 Å². The third kappa shape index (κ3) is 3.63. The van der Waals surface area contributed by atoms with Crippen LogP contribution in [0.4, 0.5) is 0 Å². The van der Waals surface area contributed by atoms with Gasteiger partial charge in [0.1, 0.15) is 0 Å². The predicted octanol–water partition coefficient (Wildman–Crippen LogP) is 2.05. The molecule has 150 valence electrons. The normalized spacial score (nSPS) is 23.7. The third-order valence-corrected chi connectivity index (χ3v) is 6.29. The van der Waals surface area contributed by atoms with E-state index in [1.165, 1.54) is 0 Å². The van der Waals surface area contributed by atoms with E-state index < -0.39 is 17.7 Å². The Hall–Kier alpha value is -2.41. The van der Waals surface area contributed by atoms with Crippen LogP contribution in [-0.2, 0) is 20.9 Å². The second-order valence-electron chi connectivity index (χ2n) is 8.03. The van der Waals surface area contributed by atoms with E-state index in [0.29, 0.717) is 51.9 Å². The zero-order valence-corrected chi connectivity index (χ0v) is 15.9.